The van der Waals surface area contributed by atoms with E-state index in [1.54, 1.807) is 12.3 Å². The summed E-state index contributed by atoms with van der Waals surface area (Å²) in [7, 11) is 0. The van der Waals surface area contributed by atoms with Gasteiger partial charge in [0.2, 0.25) is 0 Å². The van der Waals surface area contributed by atoms with Crippen molar-refractivity contribution >= 4 is 23.1 Å². The van der Waals surface area contributed by atoms with E-state index in [1.165, 1.54) is 12.8 Å². The molecule has 88 valence electrons. The van der Waals surface area contributed by atoms with Crippen molar-refractivity contribution in [2.75, 3.05) is 17.2 Å². The van der Waals surface area contributed by atoms with Gasteiger partial charge >= 0.3 is 0 Å². The van der Waals surface area contributed by atoms with Gasteiger partial charge in [-0.1, -0.05) is 18.5 Å². The van der Waals surface area contributed by atoms with Gasteiger partial charge in [0.15, 0.2) is 0 Å². The summed E-state index contributed by atoms with van der Waals surface area (Å²) >= 11 is 6.19. The number of piperidine rings is 1. The molecular weight excluding hydrogens is 222 g/mol. The predicted octanol–water partition coefficient (Wildman–Crippen LogP) is 2.94. The molecule has 1 aliphatic rings. The standard InChI is InChI=1S/C12H18ClN3/c1-8-4-3-5-16(9(8)2)12-11(13)6-10(14)7-15-12/h6-9H,3-5,14H2,1-2H3. The molecule has 2 rings (SSSR count). The van der Waals surface area contributed by atoms with E-state index in [-0.39, 0.29) is 0 Å². The van der Waals surface area contributed by atoms with E-state index in [0.29, 0.717) is 22.7 Å². The van der Waals surface area contributed by atoms with Gasteiger partial charge in [0, 0.05) is 12.6 Å². The number of anilines is 2. The molecule has 3 nitrogen and oxygen atoms in total. The molecule has 2 N–H and O–H groups in total. The zero-order chi connectivity index (χ0) is 11.7. The molecule has 0 radical (unpaired) electrons. The van der Waals surface area contributed by atoms with Crippen LogP contribution in [0.15, 0.2) is 12.3 Å². The third-order valence-corrected chi connectivity index (χ3v) is 3.77. The first kappa shape index (κ1) is 11.5. The molecule has 0 aromatic carbocycles. The Hall–Kier alpha value is -0.960. The van der Waals surface area contributed by atoms with Crippen LogP contribution in [0.25, 0.3) is 0 Å². The van der Waals surface area contributed by atoms with Crippen molar-refractivity contribution in [3.05, 3.63) is 17.3 Å². The quantitative estimate of drug-likeness (QED) is 0.820. The van der Waals surface area contributed by atoms with Crippen LogP contribution in [-0.4, -0.2) is 17.6 Å². The van der Waals surface area contributed by atoms with Gasteiger partial charge in [-0.2, -0.15) is 0 Å². The lowest BCUT2D eigenvalue weighted by Crippen LogP contribution is -2.43. The molecule has 0 bridgehead atoms. The number of hydrogen-bond donors (Lipinski definition) is 1. The lowest BCUT2D eigenvalue weighted by Gasteiger charge is -2.39. The minimum atomic E-state index is 0.488. The van der Waals surface area contributed by atoms with Crippen LogP contribution >= 0.6 is 11.6 Å². The maximum atomic E-state index is 6.19. The number of halogens is 1. The molecule has 1 saturated heterocycles. The van der Waals surface area contributed by atoms with Crippen LogP contribution in [0, 0.1) is 5.92 Å². The third kappa shape index (κ3) is 2.09. The topological polar surface area (TPSA) is 42.2 Å². The Morgan fingerprint density at radius 2 is 2.25 bits per heavy atom. The molecule has 16 heavy (non-hydrogen) atoms. The largest absolute Gasteiger partial charge is 0.397 e. The maximum absolute atomic E-state index is 6.19. The average molecular weight is 240 g/mol. The number of nitrogen functional groups attached to an aromatic ring is 1. The SMILES string of the molecule is CC1CCCN(c2ncc(N)cc2Cl)C1C. The van der Waals surface area contributed by atoms with Gasteiger partial charge in [0.1, 0.15) is 5.82 Å². The summed E-state index contributed by atoms with van der Waals surface area (Å²) in [5.41, 5.74) is 6.27. The summed E-state index contributed by atoms with van der Waals surface area (Å²) in [5, 5.41) is 0.654. The van der Waals surface area contributed by atoms with Gasteiger partial charge in [-0.25, -0.2) is 4.98 Å². The van der Waals surface area contributed by atoms with E-state index in [0.717, 1.165) is 12.4 Å². The Morgan fingerprint density at radius 1 is 1.50 bits per heavy atom. The first-order valence-corrected chi connectivity index (χ1v) is 6.15. The number of pyridine rings is 1. The zero-order valence-electron chi connectivity index (χ0n) is 9.78. The molecule has 1 aliphatic heterocycles. The molecule has 0 amide bonds. The monoisotopic (exact) mass is 239 g/mol. The summed E-state index contributed by atoms with van der Waals surface area (Å²) in [6.07, 6.45) is 4.16. The molecule has 0 spiro atoms. The van der Waals surface area contributed by atoms with Gasteiger partial charge in [0.05, 0.1) is 16.9 Å². The Morgan fingerprint density at radius 3 is 2.94 bits per heavy atom. The minimum Gasteiger partial charge on any atom is -0.397 e. The van der Waals surface area contributed by atoms with Crippen LogP contribution in [0.3, 0.4) is 0 Å². The van der Waals surface area contributed by atoms with Crippen LogP contribution in [0.4, 0.5) is 11.5 Å². The smallest absolute Gasteiger partial charge is 0.147 e. The van der Waals surface area contributed by atoms with Crippen molar-refractivity contribution < 1.29 is 0 Å². The Labute approximate surface area is 102 Å². The summed E-state index contributed by atoms with van der Waals surface area (Å²) in [6, 6.07) is 2.26. The highest BCUT2D eigenvalue weighted by molar-refractivity contribution is 6.33. The van der Waals surface area contributed by atoms with E-state index in [2.05, 4.69) is 23.7 Å². The molecule has 1 aromatic rings. The van der Waals surface area contributed by atoms with Crippen molar-refractivity contribution in [3.8, 4) is 0 Å². The van der Waals surface area contributed by atoms with Crippen molar-refractivity contribution in [1.82, 2.24) is 4.98 Å². The highest BCUT2D eigenvalue weighted by atomic mass is 35.5. The second-order valence-corrected chi connectivity index (χ2v) is 5.03. The maximum Gasteiger partial charge on any atom is 0.147 e. The Bertz CT molecular complexity index is 381. The number of nitrogens with two attached hydrogens (primary N) is 1. The van der Waals surface area contributed by atoms with Crippen molar-refractivity contribution in [2.24, 2.45) is 5.92 Å². The second kappa shape index (κ2) is 4.50. The lowest BCUT2D eigenvalue weighted by molar-refractivity contribution is 0.361. The molecule has 1 fully saturated rings. The first-order valence-electron chi connectivity index (χ1n) is 5.77. The normalized spacial score (nSPS) is 25.8. The van der Waals surface area contributed by atoms with E-state index >= 15 is 0 Å². The fourth-order valence-corrected chi connectivity index (χ4v) is 2.57. The molecule has 1 aromatic heterocycles. The fraction of sp³-hybridized carbons (Fsp3) is 0.583. The summed E-state index contributed by atoms with van der Waals surface area (Å²) in [4.78, 5) is 6.64. The van der Waals surface area contributed by atoms with Gasteiger partial charge in [-0.3, -0.25) is 0 Å². The predicted molar refractivity (Wildman–Crippen MR) is 68.9 cm³/mol. The highest BCUT2D eigenvalue weighted by Gasteiger charge is 2.26. The zero-order valence-corrected chi connectivity index (χ0v) is 10.5. The van der Waals surface area contributed by atoms with E-state index in [9.17, 15) is 0 Å². The highest BCUT2D eigenvalue weighted by Crippen LogP contribution is 2.32. The Balaban J connectivity index is 2.29. The number of hydrogen-bond acceptors (Lipinski definition) is 3. The first-order chi connectivity index (χ1) is 7.59. The van der Waals surface area contributed by atoms with Crippen LogP contribution in [0.1, 0.15) is 26.7 Å². The van der Waals surface area contributed by atoms with Crippen LogP contribution < -0.4 is 10.6 Å². The second-order valence-electron chi connectivity index (χ2n) is 4.63. The average Bonchev–Trinajstić information content (AvgIpc) is 2.23. The van der Waals surface area contributed by atoms with Gasteiger partial charge in [0.25, 0.3) is 0 Å². The van der Waals surface area contributed by atoms with Crippen molar-refractivity contribution in [2.45, 2.75) is 32.7 Å². The van der Waals surface area contributed by atoms with Crippen molar-refractivity contribution in [3.63, 3.8) is 0 Å². The molecule has 2 heterocycles. The lowest BCUT2D eigenvalue weighted by atomic mass is 9.92. The molecule has 2 atom stereocenters. The van der Waals surface area contributed by atoms with E-state index in [4.69, 9.17) is 17.3 Å². The van der Waals surface area contributed by atoms with Crippen LogP contribution in [-0.2, 0) is 0 Å². The number of aromatic nitrogens is 1. The van der Waals surface area contributed by atoms with Gasteiger partial charge in [-0.05, 0) is 31.7 Å². The van der Waals surface area contributed by atoms with Crippen molar-refractivity contribution in [1.29, 1.82) is 0 Å². The molecule has 2 unspecified atom stereocenters. The molecule has 4 heteroatoms. The van der Waals surface area contributed by atoms with Crippen LogP contribution in [0.2, 0.25) is 5.02 Å². The van der Waals surface area contributed by atoms with E-state index < -0.39 is 0 Å². The number of rotatable bonds is 1. The summed E-state index contributed by atoms with van der Waals surface area (Å²) in [6.45, 7) is 5.54. The summed E-state index contributed by atoms with van der Waals surface area (Å²) < 4.78 is 0. The molecule has 0 saturated carbocycles. The fourth-order valence-electron chi connectivity index (χ4n) is 2.29. The third-order valence-electron chi connectivity index (χ3n) is 3.49. The molecular formula is C12H18ClN3. The summed E-state index contributed by atoms with van der Waals surface area (Å²) in [5.74, 6) is 1.55. The molecule has 0 aliphatic carbocycles. The van der Waals surface area contributed by atoms with Gasteiger partial charge < -0.3 is 10.6 Å². The minimum absolute atomic E-state index is 0.488. The van der Waals surface area contributed by atoms with Crippen LogP contribution in [0.5, 0.6) is 0 Å². The van der Waals surface area contributed by atoms with Gasteiger partial charge in [-0.15, -0.1) is 0 Å². The Kier molecular flexibility index (Phi) is 3.24. The van der Waals surface area contributed by atoms with E-state index in [1.807, 2.05) is 0 Å². The number of nitrogens with zero attached hydrogens (tertiary/aromatic N) is 2.